The normalized spacial score (nSPS) is 10.6. The van der Waals surface area contributed by atoms with Gasteiger partial charge >= 0.3 is 0 Å². The van der Waals surface area contributed by atoms with Crippen LogP contribution in [0.25, 0.3) is 0 Å². The second-order valence-corrected chi connectivity index (χ2v) is 4.55. The van der Waals surface area contributed by atoms with E-state index >= 15 is 0 Å². The summed E-state index contributed by atoms with van der Waals surface area (Å²) >= 11 is 0. The summed E-state index contributed by atoms with van der Waals surface area (Å²) in [6, 6.07) is 1.79. The summed E-state index contributed by atoms with van der Waals surface area (Å²) in [5.74, 6) is 2.79. The van der Waals surface area contributed by atoms with Crippen LogP contribution >= 0.6 is 0 Å². The summed E-state index contributed by atoms with van der Waals surface area (Å²) in [4.78, 5) is 8.81. The third-order valence-corrected chi connectivity index (χ3v) is 2.76. The average Bonchev–Trinajstić information content (AvgIpc) is 2.86. The van der Waals surface area contributed by atoms with E-state index in [-0.39, 0.29) is 0 Å². The fourth-order valence-electron chi connectivity index (χ4n) is 1.86. The molecule has 1 N–H and O–H groups in total. The van der Waals surface area contributed by atoms with Gasteiger partial charge in [0.15, 0.2) is 5.75 Å². The van der Waals surface area contributed by atoms with Crippen molar-refractivity contribution in [1.29, 1.82) is 0 Å². The average molecular weight is 275 g/mol. The smallest absolute Gasteiger partial charge is 0.224 e. The molecule has 0 spiro atoms. The zero-order valence-corrected chi connectivity index (χ0v) is 12.3. The van der Waals surface area contributed by atoms with Crippen LogP contribution in [-0.2, 0) is 13.0 Å². The number of anilines is 1. The first-order valence-electron chi connectivity index (χ1n) is 7.01. The molecule has 0 unspecified atom stereocenters. The van der Waals surface area contributed by atoms with Crippen molar-refractivity contribution in [3.63, 3.8) is 0 Å². The number of rotatable bonds is 7. The predicted octanol–water partition coefficient (Wildman–Crippen LogP) is 2.87. The topological polar surface area (TPSA) is 64.9 Å². The molecule has 0 bridgehead atoms. The second-order valence-electron chi connectivity index (χ2n) is 4.55. The Labute approximate surface area is 119 Å². The molecule has 0 aliphatic rings. The van der Waals surface area contributed by atoms with Crippen LogP contribution in [0.2, 0.25) is 0 Å². The van der Waals surface area contributed by atoms with Gasteiger partial charge in [0.2, 0.25) is 5.88 Å². The van der Waals surface area contributed by atoms with E-state index in [9.17, 15) is 0 Å². The molecule has 0 aromatic carbocycles. The summed E-state index contributed by atoms with van der Waals surface area (Å²) in [5, 5.41) is 7.26. The second kappa shape index (κ2) is 6.88. The number of hydrogen-bond acceptors (Lipinski definition) is 5. The van der Waals surface area contributed by atoms with E-state index < -0.39 is 0 Å². The van der Waals surface area contributed by atoms with Crippen molar-refractivity contribution in [2.24, 2.45) is 0 Å². The zero-order chi connectivity index (χ0) is 14.4. The summed E-state index contributed by atoms with van der Waals surface area (Å²) in [6.07, 6.45) is 6.46. The summed E-state index contributed by atoms with van der Waals surface area (Å²) in [7, 11) is 1.83. The van der Waals surface area contributed by atoms with Gasteiger partial charge in [-0.05, 0) is 12.8 Å². The largest absolute Gasteiger partial charge is 0.436 e. The maximum atomic E-state index is 5.76. The molecule has 0 saturated carbocycles. The Balaban J connectivity index is 2.16. The van der Waals surface area contributed by atoms with E-state index in [1.807, 2.05) is 17.9 Å². The van der Waals surface area contributed by atoms with Gasteiger partial charge in [-0.3, -0.25) is 4.68 Å². The molecule has 0 radical (unpaired) electrons. The number of hydrogen-bond donors (Lipinski definition) is 1. The minimum Gasteiger partial charge on any atom is -0.436 e. The van der Waals surface area contributed by atoms with Crippen LogP contribution in [0, 0.1) is 0 Å². The first kappa shape index (κ1) is 14.3. The Morgan fingerprint density at radius 3 is 2.80 bits per heavy atom. The molecule has 2 heterocycles. The number of ether oxygens (including phenoxy) is 1. The SMILES string of the molecule is CCCc1nc(NC)cc(Oc2cnn(CCC)c2)n1. The molecule has 6 nitrogen and oxygen atoms in total. The molecule has 2 rings (SSSR count). The van der Waals surface area contributed by atoms with Gasteiger partial charge in [-0.1, -0.05) is 13.8 Å². The number of aryl methyl sites for hydroxylation is 2. The van der Waals surface area contributed by atoms with E-state index in [1.54, 1.807) is 12.3 Å². The van der Waals surface area contributed by atoms with Crippen LogP contribution in [0.5, 0.6) is 11.6 Å². The molecule has 0 atom stereocenters. The molecular weight excluding hydrogens is 254 g/mol. The van der Waals surface area contributed by atoms with E-state index in [0.29, 0.717) is 11.6 Å². The molecule has 2 aromatic heterocycles. The van der Waals surface area contributed by atoms with Crippen molar-refractivity contribution in [2.75, 3.05) is 12.4 Å². The summed E-state index contributed by atoms with van der Waals surface area (Å²) in [6.45, 7) is 5.10. The molecule has 2 aromatic rings. The van der Waals surface area contributed by atoms with Gasteiger partial charge in [0.1, 0.15) is 11.6 Å². The van der Waals surface area contributed by atoms with Crippen LogP contribution in [0.1, 0.15) is 32.5 Å². The highest BCUT2D eigenvalue weighted by atomic mass is 16.5. The van der Waals surface area contributed by atoms with Crippen molar-refractivity contribution in [3.8, 4) is 11.6 Å². The third-order valence-electron chi connectivity index (χ3n) is 2.76. The predicted molar refractivity (Wildman–Crippen MR) is 78.2 cm³/mol. The molecule has 0 fully saturated rings. The highest BCUT2D eigenvalue weighted by Gasteiger charge is 2.07. The van der Waals surface area contributed by atoms with Crippen molar-refractivity contribution in [3.05, 3.63) is 24.3 Å². The first-order chi connectivity index (χ1) is 9.75. The lowest BCUT2D eigenvalue weighted by Gasteiger charge is -2.07. The molecular formula is C14H21N5O. The maximum absolute atomic E-state index is 5.76. The van der Waals surface area contributed by atoms with Crippen LogP contribution in [0.15, 0.2) is 18.5 Å². The highest BCUT2D eigenvalue weighted by molar-refractivity contribution is 5.39. The molecule has 0 amide bonds. The minimum atomic E-state index is 0.545. The van der Waals surface area contributed by atoms with Crippen molar-refractivity contribution in [1.82, 2.24) is 19.7 Å². The molecule has 0 aliphatic heterocycles. The Bertz CT molecular complexity index is 552. The number of aromatic nitrogens is 4. The van der Waals surface area contributed by atoms with Crippen LogP contribution in [0.3, 0.4) is 0 Å². The van der Waals surface area contributed by atoms with Gasteiger partial charge in [0, 0.05) is 26.1 Å². The van der Waals surface area contributed by atoms with Gasteiger partial charge < -0.3 is 10.1 Å². The third kappa shape index (κ3) is 3.69. The Kier molecular flexibility index (Phi) is 4.92. The van der Waals surface area contributed by atoms with Gasteiger partial charge in [-0.25, -0.2) is 4.98 Å². The lowest BCUT2D eigenvalue weighted by atomic mass is 10.3. The van der Waals surface area contributed by atoms with Gasteiger partial charge in [0.05, 0.1) is 12.4 Å². The maximum Gasteiger partial charge on any atom is 0.224 e. The molecule has 108 valence electrons. The highest BCUT2D eigenvalue weighted by Crippen LogP contribution is 2.21. The van der Waals surface area contributed by atoms with E-state index in [4.69, 9.17) is 4.74 Å². The quantitative estimate of drug-likeness (QED) is 0.841. The zero-order valence-electron chi connectivity index (χ0n) is 12.3. The number of nitrogens with zero attached hydrogens (tertiary/aromatic N) is 4. The Morgan fingerprint density at radius 2 is 2.10 bits per heavy atom. The molecule has 6 heteroatoms. The molecule has 0 aliphatic carbocycles. The van der Waals surface area contributed by atoms with Gasteiger partial charge in [-0.2, -0.15) is 10.1 Å². The van der Waals surface area contributed by atoms with Crippen molar-refractivity contribution < 1.29 is 4.74 Å². The van der Waals surface area contributed by atoms with Crippen molar-refractivity contribution >= 4 is 5.82 Å². The number of nitrogens with one attached hydrogen (secondary N) is 1. The van der Waals surface area contributed by atoms with E-state index in [2.05, 4.69) is 34.2 Å². The van der Waals surface area contributed by atoms with Gasteiger partial charge in [-0.15, -0.1) is 0 Å². The Morgan fingerprint density at radius 1 is 1.25 bits per heavy atom. The van der Waals surface area contributed by atoms with Crippen LogP contribution < -0.4 is 10.1 Å². The van der Waals surface area contributed by atoms with E-state index in [1.165, 1.54) is 0 Å². The minimum absolute atomic E-state index is 0.545. The molecule has 20 heavy (non-hydrogen) atoms. The lowest BCUT2D eigenvalue weighted by Crippen LogP contribution is -2.01. The monoisotopic (exact) mass is 275 g/mol. The summed E-state index contributed by atoms with van der Waals surface area (Å²) in [5.41, 5.74) is 0. The fourth-order valence-corrected chi connectivity index (χ4v) is 1.86. The van der Waals surface area contributed by atoms with Crippen LogP contribution in [0.4, 0.5) is 5.82 Å². The Hall–Kier alpha value is -2.11. The van der Waals surface area contributed by atoms with Gasteiger partial charge in [0.25, 0.3) is 0 Å². The first-order valence-corrected chi connectivity index (χ1v) is 7.01. The van der Waals surface area contributed by atoms with E-state index in [0.717, 1.165) is 37.4 Å². The summed E-state index contributed by atoms with van der Waals surface area (Å²) < 4.78 is 7.62. The van der Waals surface area contributed by atoms with Crippen molar-refractivity contribution in [2.45, 2.75) is 39.7 Å². The van der Waals surface area contributed by atoms with Crippen LogP contribution in [-0.4, -0.2) is 26.8 Å². The molecule has 0 saturated heterocycles. The standard InChI is InChI=1S/C14H21N5O/c1-4-6-12-17-13(15-3)8-14(18-12)20-11-9-16-19(10-11)7-5-2/h8-10H,4-7H2,1-3H3,(H,15,17,18). The fraction of sp³-hybridized carbons (Fsp3) is 0.500. The lowest BCUT2D eigenvalue weighted by molar-refractivity contribution is 0.457.